The van der Waals surface area contributed by atoms with E-state index in [1.165, 1.54) is 0 Å². The first-order valence-corrected chi connectivity index (χ1v) is 10.3. The number of ketones is 1. The van der Waals surface area contributed by atoms with Gasteiger partial charge in [0, 0.05) is 25.9 Å². The van der Waals surface area contributed by atoms with Crippen LogP contribution in [0.3, 0.4) is 0 Å². The van der Waals surface area contributed by atoms with E-state index in [-0.39, 0.29) is 18.6 Å². The van der Waals surface area contributed by atoms with E-state index in [0.717, 1.165) is 19.3 Å². The number of carbonyl (C=O) groups excluding carboxylic acids is 1. The molecule has 27 heavy (non-hydrogen) atoms. The minimum absolute atomic E-state index is 0.153. The summed E-state index contributed by atoms with van der Waals surface area (Å²) in [5.41, 5.74) is 5.36. The third-order valence-electron chi connectivity index (χ3n) is 4.67. The minimum Gasteiger partial charge on any atom is -0.480 e. The topological polar surface area (TPSA) is 83.6 Å². The molecular weight excluding hydrogens is 354 g/mol. The predicted molar refractivity (Wildman–Crippen MR) is 104 cm³/mol. The molecule has 7 heteroatoms. The van der Waals surface area contributed by atoms with Crippen molar-refractivity contribution in [2.45, 2.75) is 96.4 Å². The molecule has 0 aromatic rings. The van der Waals surface area contributed by atoms with Crippen LogP contribution in [0.5, 0.6) is 0 Å². The SMILES string of the molecule is CCCC(F)CCN(CCCCC(=O)CC(N)C(=O)O)CCC(F)CCC. The Bertz CT molecular complexity index is 395. The lowest BCUT2D eigenvalue weighted by atomic mass is 10.1. The van der Waals surface area contributed by atoms with E-state index in [4.69, 9.17) is 10.8 Å². The normalized spacial score (nSPS) is 14.9. The van der Waals surface area contributed by atoms with E-state index < -0.39 is 24.4 Å². The smallest absolute Gasteiger partial charge is 0.320 e. The third-order valence-corrected chi connectivity index (χ3v) is 4.67. The molecule has 3 N–H and O–H groups in total. The van der Waals surface area contributed by atoms with Crippen molar-refractivity contribution in [3.8, 4) is 0 Å². The highest BCUT2D eigenvalue weighted by molar-refractivity contribution is 5.85. The number of Topliss-reactive ketones (excluding diaryl/α,β-unsaturated/α-hetero) is 1. The van der Waals surface area contributed by atoms with Gasteiger partial charge in [-0.1, -0.05) is 26.7 Å². The Morgan fingerprint density at radius 1 is 0.926 bits per heavy atom. The summed E-state index contributed by atoms with van der Waals surface area (Å²) in [6, 6.07) is -1.14. The van der Waals surface area contributed by atoms with Crippen molar-refractivity contribution in [2.24, 2.45) is 5.73 Å². The summed E-state index contributed by atoms with van der Waals surface area (Å²) < 4.78 is 27.5. The number of alkyl halides is 2. The molecule has 0 aliphatic carbocycles. The molecule has 0 bridgehead atoms. The van der Waals surface area contributed by atoms with Gasteiger partial charge in [-0.15, -0.1) is 0 Å². The first kappa shape index (κ1) is 25.9. The number of hydrogen-bond acceptors (Lipinski definition) is 4. The molecule has 0 saturated heterocycles. The van der Waals surface area contributed by atoms with Crippen LogP contribution in [0.25, 0.3) is 0 Å². The van der Waals surface area contributed by atoms with Crippen LogP contribution in [-0.2, 0) is 9.59 Å². The second-order valence-electron chi connectivity index (χ2n) is 7.34. The van der Waals surface area contributed by atoms with E-state index >= 15 is 0 Å². The van der Waals surface area contributed by atoms with Crippen molar-refractivity contribution in [3.05, 3.63) is 0 Å². The van der Waals surface area contributed by atoms with Crippen molar-refractivity contribution >= 4 is 11.8 Å². The number of aliphatic carboxylic acids is 1. The lowest BCUT2D eigenvalue weighted by Crippen LogP contribution is -2.32. The zero-order valence-electron chi connectivity index (χ0n) is 17.0. The molecule has 0 fully saturated rings. The Kier molecular flexibility index (Phi) is 15.3. The lowest BCUT2D eigenvalue weighted by Gasteiger charge is -2.24. The standard InChI is InChI=1S/C20H38F2N2O3/c1-3-7-16(21)10-13-24(14-11-17(22)8-4-2)12-6-5-9-18(25)15-19(23)20(26)27/h16-17,19H,3-15,23H2,1-2H3,(H,26,27). The Morgan fingerprint density at radius 3 is 1.89 bits per heavy atom. The maximum Gasteiger partial charge on any atom is 0.320 e. The number of halogens is 2. The average molecular weight is 393 g/mol. The quantitative estimate of drug-likeness (QED) is 0.346. The van der Waals surface area contributed by atoms with Gasteiger partial charge in [-0.3, -0.25) is 9.59 Å². The zero-order chi connectivity index (χ0) is 20.7. The molecule has 3 atom stereocenters. The minimum atomic E-state index is -1.17. The van der Waals surface area contributed by atoms with Crippen LogP contribution < -0.4 is 5.73 Å². The van der Waals surface area contributed by atoms with Gasteiger partial charge in [0.25, 0.3) is 0 Å². The van der Waals surface area contributed by atoms with Crippen molar-refractivity contribution in [1.82, 2.24) is 4.90 Å². The molecule has 0 aromatic carbocycles. The molecule has 0 heterocycles. The average Bonchev–Trinajstić information content (AvgIpc) is 2.60. The number of carboxylic acid groups (broad SMARTS) is 1. The maximum atomic E-state index is 13.8. The summed E-state index contributed by atoms with van der Waals surface area (Å²) in [5, 5.41) is 8.71. The molecule has 0 rings (SSSR count). The summed E-state index contributed by atoms with van der Waals surface area (Å²) in [6.45, 7) is 5.79. The predicted octanol–water partition coefficient (Wildman–Crippen LogP) is 3.89. The maximum absolute atomic E-state index is 13.8. The van der Waals surface area contributed by atoms with Gasteiger partial charge in [-0.05, 0) is 45.1 Å². The molecule has 0 aromatic heterocycles. The van der Waals surface area contributed by atoms with Gasteiger partial charge < -0.3 is 15.7 Å². The van der Waals surface area contributed by atoms with Crippen LogP contribution in [0.2, 0.25) is 0 Å². The van der Waals surface area contributed by atoms with Crippen molar-refractivity contribution in [2.75, 3.05) is 19.6 Å². The molecule has 0 saturated carbocycles. The van der Waals surface area contributed by atoms with E-state index in [9.17, 15) is 18.4 Å². The molecule has 0 aliphatic rings. The van der Waals surface area contributed by atoms with Crippen LogP contribution in [0.4, 0.5) is 8.78 Å². The van der Waals surface area contributed by atoms with E-state index in [0.29, 0.717) is 51.7 Å². The molecule has 0 amide bonds. The number of nitrogens with two attached hydrogens (primary N) is 1. The van der Waals surface area contributed by atoms with Crippen LogP contribution >= 0.6 is 0 Å². The Balaban J connectivity index is 4.23. The molecule has 3 unspecified atom stereocenters. The molecule has 0 aliphatic heterocycles. The van der Waals surface area contributed by atoms with Crippen LogP contribution in [0.1, 0.15) is 78.1 Å². The van der Waals surface area contributed by atoms with Gasteiger partial charge in [0.1, 0.15) is 24.2 Å². The van der Waals surface area contributed by atoms with E-state index in [1.807, 2.05) is 13.8 Å². The Hall–Kier alpha value is -1.08. The van der Waals surface area contributed by atoms with Crippen molar-refractivity contribution in [3.63, 3.8) is 0 Å². The van der Waals surface area contributed by atoms with Crippen LogP contribution in [-0.4, -0.2) is 59.8 Å². The van der Waals surface area contributed by atoms with Gasteiger partial charge >= 0.3 is 5.97 Å². The number of hydrogen-bond donors (Lipinski definition) is 2. The lowest BCUT2D eigenvalue weighted by molar-refractivity contribution is -0.140. The van der Waals surface area contributed by atoms with E-state index in [2.05, 4.69) is 4.90 Å². The molecular formula is C20H38F2N2O3. The van der Waals surface area contributed by atoms with Gasteiger partial charge in [0.05, 0.1) is 0 Å². The summed E-state index contributed by atoms with van der Waals surface area (Å²) in [6.07, 6.45) is 3.47. The highest BCUT2D eigenvalue weighted by Gasteiger charge is 2.16. The Labute approximate surface area is 162 Å². The number of carboxylic acids is 1. The monoisotopic (exact) mass is 392 g/mol. The van der Waals surface area contributed by atoms with Gasteiger partial charge in [-0.2, -0.15) is 0 Å². The summed E-state index contributed by atoms with van der Waals surface area (Å²) in [7, 11) is 0. The fourth-order valence-corrected chi connectivity index (χ4v) is 2.99. The van der Waals surface area contributed by atoms with Crippen molar-refractivity contribution < 1.29 is 23.5 Å². The summed E-state index contributed by atoms with van der Waals surface area (Å²) >= 11 is 0. The fourth-order valence-electron chi connectivity index (χ4n) is 2.99. The van der Waals surface area contributed by atoms with E-state index in [1.54, 1.807) is 0 Å². The summed E-state index contributed by atoms with van der Waals surface area (Å²) in [5.74, 6) is -1.33. The number of carbonyl (C=O) groups is 2. The number of unbranched alkanes of at least 4 members (excludes halogenated alkanes) is 1. The number of rotatable bonds is 18. The van der Waals surface area contributed by atoms with Crippen LogP contribution in [0, 0.1) is 0 Å². The van der Waals surface area contributed by atoms with Gasteiger partial charge in [-0.25, -0.2) is 8.78 Å². The Morgan fingerprint density at radius 2 is 1.44 bits per heavy atom. The molecule has 0 radical (unpaired) electrons. The van der Waals surface area contributed by atoms with Crippen LogP contribution in [0.15, 0.2) is 0 Å². The van der Waals surface area contributed by atoms with Gasteiger partial charge in [0.15, 0.2) is 0 Å². The third kappa shape index (κ3) is 14.6. The second kappa shape index (κ2) is 15.9. The highest BCUT2D eigenvalue weighted by atomic mass is 19.1. The van der Waals surface area contributed by atoms with Crippen molar-refractivity contribution in [1.29, 1.82) is 0 Å². The first-order chi connectivity index (χ1) is 12.8. The first-order valence-electron chi connectivity index (χ1n) is 10.3. The molecule has 0 spiro atoms. The fraction of sp³-hybridized carbons (Fsp3) is 0.900. The molecule has 5 nitrogen and oxygen atoms in total. The summed E-state index contributed by atoms with van der Waals surface area (Å²) in [4.78, 5) is 24.5. The largest absolute Gasteiger partial charge is 0.480 e. The molecule has 160 valence electrons. The zero-order valence-corrected chi connectivity index (χ0v) is 17.0. The second-order valence-corrected chi connectivity index (χ2v) is 7.34. The van der Waals surface area contributed by atoms with Gasteiger partial charge in [0.2, 0.25) is 0 Å². The number of nitrogens with zero attached hydrogens (tertiary/aromatic N) is 1. The highest BCUT2D eigenvalue weighted by Crippen LogP contribution is 2.12.